The molecule has 6 heteroatoms. The second kappa shape index (κ2) is 10.1. The Morgan fingerprint density at radius 2 is 1.62 bits per heavy atom. The minimum Gasteiger partial charge on any atom is -0.352 e. The number of amides is 2. The summed E-state index contributed by atoms with van der Waals surface area (Å²) in [4.78, 5) is 26.3. The molecule has 3 aromatic rings. The fourth-order valence-corrected chi connectivity index (χ4v) is 3.49. The lowest BCUT2D eigenvalue weighted by atomic mass is 10.1. The van der Waals surface area contributed by atoms with Crippen LogP contribution in [0.2, 0.25) is 5.02 Å². The first-order chi connectivity index (χ1) is 14.1. The smallest absolute Gasteiger partial charge is 0.257 e. The van der Waals surface area contributed by atoms with E-state index in [9.17, 15) is 9.59 Å². The molecule has 0 fully saturated rings. The molecule has 2 amide bonds. The van der Waals surface area contributed by atoms with Crippen LogP contribution in [0.3, 0.4) is 0 Å². The van der Waals surface area contributed by atoms with Crippen LogP contribution in [0.15, 0.2) is 77.7 Å². The molecule has 4 nitrogen and oxygen atoms in total. The van der Waals surface area contributed by atoms with Crippen LogP contribution in [0.1, 0.15) is 26.3 Å². The molecule has 0 bridgehead atoms. The first-order valence-corrected chi connectivity index (χ1v) is 10.7. The minimum atomic E-state index is -0.351. The number of hydrogen-bond acceptors (Lipinski definition) is 3. The molecule has 0 aliphatic rings. The zero-order chi connectivity index (χ0) is 20.6. The molecule has 0 atom stereocenters. The van der Waals surface area contributed by atoms with Gasteiger partial charge < -0.3 is 10.6 Å². The third-order valence-corrected chi connectivity index (χ3v) is 5.44. The monoisotopic (exact) mass is 424 g/mol. The molecule has 0 unspecified atom stereocenters. The highest BCUT2D eigenvalue weighted by Crippen LogP contribution is 2.24. The topological polar surface area (TPSA) is 58.2 Å². The van der Waals surface area contributed by atoms with Crippen molar-refractivity contribution < 1.29 is 9.59 Å². The highest BCUT2D eigenvalue weighted by Gasteiger charge is 2.16. The Morgan fingerprint density at radius 3 is 2.38 bits per heavy atom. The van der Waals surface area contributed by atoms with Crippen LogP contribution in [-0.4, -0.2) is 24.6 Å². The average Bonchev–Trinajstić information content (AvgIpc) is 2.75. The van der Waals surface area contributed by atoms with Crippen molar-refractivity contribution in [3.05, 3.63) is 94.5 Å². The molecule has 0 spiro atoms. The molecule has 29 heavy (non-hydrogen) atoms. The van der Waals surface area contributed by atoms with Crippen LogP contribution in [0, 0.1) is 0 Å². The summed E-state index contributed by atoms with van der Waals surface area (Å²) in [6.07, 6.45) is 2.66. The van der Waals surface area contributed by atoms with E-state index in [0.717, 1.165) is 16.9 Å². The van der Waals surface area contributed by atoms with Crippen LogP contribution in [0.25, 0.3) is 0 Å². The van der Waals surface area contributed by atoms with Gasteiger partial charge in [0, 0.05) is 11.4 Å². The number of anilines is 1. The van der Waals surface area contributed by atoms with Crippen molar-refractivity contribution in [3.8, 4) is 0 Å². The van der Waals surface area contributed by atoms with E-state index in [4.69, 9.17) is 11.6 Å². The Bertz CT molecular complexity index is 1010. The minimum absolute atomic E-state index is 0.235. The first kappa shape index (κ1) is 21.0. The molecule has 0 aromatic heterocycles. The summed E-state index contributed by atoms with van der Waals surface area (Å²) >= 11 is 7.72. The molecule has 0 radical (unpaired) electrons. The van der Waals surface area contributed by atoms with Gasteiger partial charge in [0.2, 0.25) is 0 Å². The normalized spacial score (nSPS) is 10.4. The third-order valence-electron chi connectivity index (χ3n) is 4.38. The van der Waals surface area contributed by atoms with E-state index in [0.29, 0.717) is 28.4 Å². The number of carbonyl (C=O) groups is 2. The standard InChI is InChI=1S/C23H21ClN2O2S/c1-29-17-11-12-20(24)19(15-17)23(28)26-21-10-6-5-9-18(21)22(27)25-14-13-16-7-3-2-4-8-16/h2-12,15H,13-14H2,1H3,(H,25,27)(H,26,28). The Labute approximate surface area is 179 Å². The number of nitrogens with one attached hydrogen (secondary N) is 2. The van der Waals surface area contributed by atoms with Gasteiger partial charge in [-0.1, -0.05) is 54.1 Å². The van der Waals surface area contributed by atoms with Crippen LogP contribution in [0.5, 0.6) is 0 Å². The Balaban J connectivity index is 1.70. The van der Waals surface area contributed by atoms with Crippen molar-refractivity contribution in [3.63, 3.8) is 0 Å². The van der Waals surface area contributed by atoms with Crippen molar-refractivity contribution in [2.24, 2.45) is 0 Å². The SMILES string of the molecule is CSc1ccc(Cl)c(C(=O)Nc2ccccc2C(=O)NCCc2ccccc2)c1. The van der Waals surface area contributed by atoms with Gasteiger partial charge >= 0.3 is 0 Å². The van der Waals surface area contributed by atoms with Gasteiger partial charge in [-0.25, -0.2) is 0 Å². The number of halogens is 1. The van der Waals surface area contributed by atoms with Gasteiger partial charge in [-0.15, -0.1) is 11.8 Å². The lowest BCUT2D eigenvalue weighted by molar-refractivity contribution is 0.0955. The number of para-hydroxylation sites is 1. The first-order valence-electron chi connectivity index (χ1n) is 9.14. The lowest BCUT2D eigenvalue weighted by Crippen LogP contribution is -2.27. The maximum absolute atomic E-state index is 12.7. The number of carbonyl (C=O) groups excluding carboxylic acids is 2. The molecule has 2 N–H and O–H groups in total. The second-order valence-corrected chi connectivity index (χ2v) is 7.62. The molecule has 0 aliphatic heterocycles. The maximum atomic E-state index is 12.7. The van der Waals surface area contributed by atoms with E-state index >= 15 is 0 Å². The van der Waals surface area contributed by atoms with Gasteiger partial charge in [-0.2, -0.15) is 0 Å². The zero-order valence-electron chi connectivity index (χ0n) is 15.9. The summed E-state index contributed by atoms with van der Waals surface area (Å²) in [5.41, 5.74) is 2.38. The molecule has 0 saturated heterocycles. The Morgan fingerprint density at radius 1 is 0.897 bits per heavy atom. The molecule has 0 saturated carbocycles. The summed E-state index contributed by atoms with van der Waals surface area (Å²) in [5, 5.41) is 6.09. The molecule has 0 aliphatic carbocycles. The predicted molar refractivity (Wildman–Crippen MR) is 120 cm³/mol. The van der Waals surface area contributed by atoms with Gasteiger partial charge in [-0.05, 0) is 48.6 Å². The van der Waals surface area contributed by atoms with Crippen LogP contribution >= 0.6 is 23.4 Å². The largest absolute Gasteiger partial charge is 0.352 e. The van der Waals surface area contributed by atoms with Crippen molar-refractivity contribution >= 4 is 40.9 Å². The Kier molecular flexibility index (Phi) is 7.33. The third kappa shape index (κ3) is 5.62. The highest BCUT2D eigenvalue weighted by atomic mass is 35.5. The summed E-state index contributed by atoms with van der Waals surface area (Å²) in [5.74, 6) is -0.587. The van der Waals surface area contributed by atoms with Crippen LogP contribution in [-0.2, 0) is 6.42 Å². The lowest BCUT2D eigenvalue weighted by Gasteiger charge is -2.12. The predicted octanol–water partition coefficient (Wildman–Crippen LogP) is 5.29. The number of thioether (sulfide) groups is 1. The molecule has 3 rings (SSSR count). The quantitative estimate of drug-likeness (QED) is 0.507. The van der Waals surface area contributed by atoms with Gasteiger partial charge in [-0.3, -0.25) is 9.59 Å². The Hall–Kier alpha value is -2.76. The number of benzene rings is 3. The van der Waals surface area contributed by atoms with Crippen LogP contribution < -0.4 is 10.6 Å². The van der Waals surface area contributed by atoms with Crippen molar-refractivity contribution in [1.82, 2.24) is 5.32 Å². The molecule has 0 heterocycles. The summed E-state index contributed by atoms with van der Waals surface area (Å²) in [6.45, 7) is 0.507. The van der Waals surface area contributed by atoms with Crippen LogP contribution in [0.4, 0.5) is 5.69 Å². The van der Waals surface area contributed by atoms with Gasteiger partial charge in [0.1, 0.15) is 0 Å². The molecular formula is C23H21ClN2O2S. The van der Waals surface area contributed by atoms with E-state index in [1.54, 1.807) is 36.4 Å². The molecule has 148 valence electrons. The fraction of sp³-hybridized carbons (Fsp3) is 0.130. The van der Waals surface area contributed by atoms with Gasteiger partial charge in [0.15, 0.2) is 0 Å². The average molecular weight is 425 g/mol. The number of rotatable bonds is 7. The summed E-state index contributed by atoms with van der Waals surface area (Å²) < 4.78 is 0. The fourth-order valence-electron chi connectivity index (χ4n) is 2.85. The summed E-state index contributed by atoms with van der Waals surface area (Å²) in [6, 6.07) is 22.2. The van der Waals surface area contributed by atoms with Crippen molar-refractivity contribution in [1.29, 1.82) is 0 Å². The van der Waals surface area contributed by atoms with E-state index in [1.165, 1.54) is 11.8 Å². The maximum Gasteiger partial charge on any atom is 0.257 e. The highest BCUT2D eigenvalue weighted by molar-refractivity contribution is 7.98. The summed E-state index contributed by atoms with van der Waals surface area (Å²) in [7, 11) is 0. The van der Waals surface area contributed by atoms with Crippen molar-refractivity contribution in [2.45, 2.75) is 11.3 Å². The van der Waals surface area contributed by atoms with E-state index < -0.39 is 0 Å². The van der Waals surface area contributed by atoms with E-state index in [2.05, 4.69) is 10.6 Å². The van der Waals surface area contributed by atoms with E-state index in [1.807, 2.05) is 42.7 Å². The second-order valence-electron chi connectivity index (χ2n) is 6.34. The molecular weight excluding hydrogens is 404 g/mol. The van der Waals surface area contributed by atoms with Crippen molar-refractivity contribution in [2.75, 3.05) is 18.1 Å². The van der Waals surface area contributed by atoms with Gasteiger partial charge in [0.05, 0.1) is 21.8 Å². The van der Waals surface area contributed by atoms with Gasteiger partial charge in [0.25, 0.3) is 11.8 Å². The molecule has 3 aromatic carbocycles. The zero-order valence-corrected chi connectivity index (χ0v) is 17.5. The number of hydrogen-bond donors (Lipinski definition) is 2. The van der Waals surface area contributed by atoms with E-state index in [-0.39, 0.29) is 11.8 Å².